The first-order valence-electron chi connectivity index (χ1n) is 5.24. The zero-order valence-corrected chi connectivity index (χ0v) is 8.96. The Morgan fingerprint density at radius 2 is 2.33 bits per heavy atom. The zero-order chi connectivity index (χ0) is 8.65. The fourth-order valence-electron chi connectivity index (χ4n) is 1.58. The van der Waals surface area contributed by atoms with Crippen molar-refractivity contribution in [2.45, 2.75) is 45.1 Å². The minimum absolute atomic E-state index is 0.830. The van der Waals surface area contributed by atoms with Crippen LogP contribution in [0, 0.1) is 0 Å². The van der Waals surface area contributed by atoms with E-state index < -0.39 is 0 Å². The van der Waals surface area contributed by atoms with Gasteiger partial charge in [-0.2, -0.15) is 11.8 Å². The quantitative estimate of drug-likeness (QED) is 0.642. The summed E-state index contributed by atoms with van der Waals surface area (Å²) in [5.74, 6) is 2.70. The first-order valence-corrected chi connectivity index (χ1v) is 6.40. The molecule has 0 bridgehead atoms. The van der Waals surface area contributed by atoms with E-state index in [1.165, 1.54) is 50.2 Å². The first kappa shape index (κ1) is 10.4. The summed E-state index contributed by atoms with van der Waals surface area (Å²) < 4.78 is 0. The second-order valence-electron chi connectivity index (χ2n) is 3.58. The number of hydrogen-bond acceptors (Lipinski definition) is 2. The summed E-state index contributed by atoms with van der Waals surface area (Å²) in [6.45, 7) is 3.52. The van der Waals surface area contributed by atoms with Crippen molar-refractivity contribution < 1.29 is 0 Å². The van der Waals surface area contributed by atoms with E-state index in [-0.39, 0.29) is 0 Å². The molecule has 1 aliphatic heterocycles. The van der Waals surface area contributed by atoms with E-state index in [0.29, 0.717) is 0 Å². The lowest BCUT2D eigenvalue weighted by molar-refractivity contribution is 0.673. The van der Waals surface area contributed by atoms with Crippen LogP contribution in [0.15, 0.2) is 0 Å². The third kappa shape index (κ3) is 4.36. The van der Waals surface area contributed by atoms with Gasteiger partial charge in [0, 0.05) is 11.8 Å². The Morgan fingerprint density at radius 1 is 1.42 bits per heavy atom. The van der Waals surface area contributed by atoms with Crippen LogP contribution in [0.1, 0.15) is 39.0 Å². The summed E-state index contributed by atoms with van der Waals surface area (Å²) >= 11 is 2.13. The maximum absolute atomic E-state index is 3.53. The van der Waals surface area contributed by atoms with Gasteiger partial charge in [-0.1, -0.05) is 19.8 Å². The third-order valence-corrected chi connectivity index (χ3v) is 3.59. The van der Waals surface area contributed by atoms with Gasteiger partial charge in [-0.05, 0) is 31.6 Å². The molecule has 0 aliphatic carbocycles. The van der Waals surface area contributed by atoms with Gasteiger partial charge < -0.3 is 5.32 Å². The maximum atomic E-state index is 3.53. The highest BCUT2D eigenvalue weighted by atomic mass is 32.2. The lowest BCUT2D eigenvalue weighted by atomic mass is 10.3. The second-order valence-corrected chi connectivity index (χ2v) is 4.73. The molecule has 0 aromatic carbocycles. The second kappa shape index (κ2) is 6.79. The number of thioether (sulfide) groups is 1. The Morgan fingerprint density at radius 3 is 3.00 bits per heavy atom. The maximum Gasteiger partial charge on any atom is 0.0158 e. The summed E-state index contributed by atoms with van der Waals surface area (Å²) in [6, 6.07) is 0.830. The highest BCUT2D eigenvalue weighted by Crippen LogP contribution is 2.13. The topological polar surface area (TPSA) is 12.0 Å². The average Bonchev–Trinajstić information content (AvgIpc) is 2.57. The number of rotatable bonds is 6. The molecule has 0 aromatic rings. The van der Waals surface area contributed by atoms with Gasteiger partial charge in [0.05, 0.1) is 0 Å². The number of hydrogen-bond donors (Lipinski definition) is 1. The van der Waals surface area contributed by atoms with Crippen LogP contribution >= 0.6 is 11.8 Å². The Labute approximate surface area is 80.7 Å². The fourth-order valence-corrected chi connectivity index (χ4v) is 2.72. The Kier molecular flexibility index (Phi) is 5.88. The van der Waals surface area contributed by atoms with E-state index in [0.717, 1.165) is 6.04 Å². The molecule has 1 atom stereocenters. The average molecular weight is 187 g/mol. The molecule has 0 amide bonds. The van der Waals surface area contributed by atoms with Gasteiger partial charge in [-0.25, -0.2) is 0 Å². The molecule has 1 saturated heterocycles. The van der Waals surface area contributed by atoms with Crippen LogP contribution in [0.25, 0.3) is 0 Å². The molecule has 0 saturated carbocycles. The van der Waals surface area contributed by atoms with Crippen molar-refractivity contribution in [2.75, 3.05) is 18.1 Å². The van der Waals surface area contributed by atoms with Crippen LogP contribution in [0.2, 0.25) is 0 Å². The molecule has 1 nitrogen and oxygen atoms in total. The van der Waals surface area contributed by atoms with Gasteiger partial charge in [0.15, 0.2) is 0 Å². The third-order valence-electron chi connectivity index (χ3n) is 2.37. The molecule has 1 aliphatic rings. The normalized spacial score (nSPS) is 23.2. The molecule has 72 valence electrons. The molecule has 1 fully saturated rings. The summed E-state index contributed by atoms with van der Waals surface area (Å²) in [6.07, 6.45) is 6.96. The lowest BCUT2D eigenvalue weighted by Crippen LogP contribution is -2.23. The Hall–Kier alpha value is 0.310. The number of unbranched alkanes of at least 4 members (excludes halogenated alkanes) is 2. The van der Waals surface area contributed by atoms with E-state index in [1.54, 1.807) is 0 Å². The van der Waals surface area contributed by atoms with Gasteiger partial charge in [-0.15, -0.1) is 0 Å². The zero-order valence-electron chi connectivity index (χ0n) is 8.14. The van der Waals surface area contributed by atoms with E-state index in [2.05, 4.69) is 24.0 Å². The van der Waals surface area contributed by atoms with Crippen molar-refractivity contribution in [3.8, 4) is 0 Å². The molecule has 0 aromatic heterocycles. The Bertz CT molecular complexity index is 100. The molecule has 1 rings (SSSR count). The van der Waals surface area contributed by atoms with Crippen molar-refractivity contribution in [2.24, 2.45) is 0 Å². The van der Waals surface area contributed by atoms with Crippen LogP contribution < -0.4 is 5.32 Å². The smallest absolute Gasteiger partial charge is 0.0158 e. The predicted molar refractivity (Wildman–Crippen MR) is 57.9 cm³/mol. The van der Waals surface area contributed by atoms with E-state index in [9.17, 15) is 0 Å². The largest absolute Gasteiger partial charge is 0.313 e. The molecule has 1 N–H and O–H groups in total. The molecular weight excluding hydrogens is 166 g/mol. The fraction of sp³-hybridized carbons (Fsp3) is 1.00. The summed E-state index contributed by atoms with van der Waals surface area (Å²) in [4.78, 5) is 0. The first-order chi connectivity index (χ1) is 5.93. The molecule has 1 heterocycles. The van der Waals surface area contributed by atoms with Crippen molar-refractivity contribution in [1.82, 2.24) is 5.32 Å². The van der Waals surface area contributed by atoms with E-state index >= 15 is 0 Å². The molecular formula is C10H21NS. The van der Waals surface area contributed by atoms with Gasteiger partial charge in [0.25, 0.3) is 0 Å². The highest BCUT2D eigenvalue weighted by Gasteiger charge is 2.12. The SMILES string of the molecule is CCCCCSC[C@@H]1CCCN1. The molecule has 2 heteroatoms. The molecule has 12 heavy (non-hydrogen) atoms. The standard InChI is InChI=1S/C10H21NS/c1-2-3-4-8-12-9-10-6-5-7-11-10/h10-11H,2-9H2,1H3/t10-/m0/s1. The van der Waals surface area contributed by atoms with Crippen LogP contribution in [-0.2, 0) is 0 Å². The van der Waals surface area contributed by atoms with Gasteiger partial charge in [-0.3, -0.25) is 0 Å². The van der Waals surface area contributed by atoms with Crippen molar-refractivity contribution >= 4 is 11.8 Å². The summed E-state index contributed by atoms with van der Waals surface area (Å²) in [5.41, 5.74) is 0. The molecule has 0 spiro atoms. The minimum Gasteiger partial charge on any atom is -0.313 e. The van der Waals surface area contributed by atoms with Gasteiger partial charge >= 0.3 is 0 Å². The monoisotopic (exact) mass is 187 g/mol. The summed E-state index contributed by atoms with van der Waals surface area (Å²) in [7, 11) is 0. The van der Waals surface area contributed by atoms with Gasteiger partial charge in [0.2, 0.25) is 0 Å². The van der Waals surface area contributed by atoms with E-state index in [4.69, 9.17) is 0 Å². The van der Waals surface area contributed by atoms with Gasteiger partial charge in [0.1, 0.15) is 0 Å². The molecule has 0 radical (unpaired) electrons. The minimum atomic E-state index is 0.830. The Balaban J connectivity index is 1.81. The van der Waals surface area contributed by atoms with Crippen LogP contribution in [0.4, 0.5) is 0 Å². The predicted octanol–water partition coefficient (Wildman–Crippen LogP) is 2.66. The van der Waals surface area contributed by atoms with Crippen molar-refractivity contribution in [3.63, 3.8) is 0 Å². The highest BCUT2D eigenvalue weighted by molar-refractivity contribution is 7.99. The van der Waals surface area contributed by atoms with Crippen molar-refractivity contribution in [3.05, 3.63) is 0 Å². The van der Waals surface area contributed by atoms with Crippen LogP contribution in [0.3, 0.4) is 0 Å². The van der Waals surface area contributed by atoms with E-state index in [1.807, 2.05) is 0 Å². The molecule has 0 unspecified atom stereocenters. The van der Waals surface area contributed by atoms with Crippen LogP contribution in [0.5, 0.6) is 0 Å². The van der Waals surface area contributed by atoms with Crippen LogP contribution in [-0.4, -0.2) is 24.1 Å². The van der Waals surface area contributed by atoms with Crippen molar-refractivity contribution in [1.29, 1.82) is 0 Å². The lowest BCUT2D eigenvalue weighted by Gasteiger charge is -2.08. The number of nitrogens with one attached hydrogen (secondary N) is 1. The summed E-state index contributed by atoms with van der Waals surface area (Å²) in [5, 5.41) is 3.53.